The molecule has 0 bridgehead atoms. The van der Waals surface area contributed by atoms with Crippen molar-refractivity contribution in [2.24, 2.45) is 0 Å². The lowest BCUT2D eigenvalue weighted by Crippen LogP contribution is -2.51. The van der Waals surface area contributed by atoms with Crippen molar-refractivity contribution < 1.29 is 13.9 Å². The summed E-state index contributed by atoms with van der Waals surface area (Å²) in [6.45, 7) is 4.51. The van der Waals surface area contributed by atoms with Crippen LogP contribution in [0.2, 0.25) is 0 Å². The lowest BCUT2D eigenvalue weighted by Gasteiger charge is -2.35. The molecule has 1 heterocycles. The van der Waals surface area contributed by atoms with Crippen LogP contribution < -0.4 is 10.1 Å². The zero-order valence-corrected chi connectivity index (χ0v) is 13.7. The summed E-state index contributed by atoms with van der Waals surface area (Å²) in [7, 11) is 0. The third kappa shape index (κ3) is 4.02. The summed E-state index contributed by atoms with van der Waals surface area (Å²) in [6, 6.07) is 8.17. The van der Waals surface area contributed by atoms with Gasteiger partial charge in [-0.1, -0.05) is 18.2 Å². The summed E-state index contributed by atoms with van der Waals surface area (Å²) in [4.78, 5) is 14.2. The predicted molar refractivity (Wildman–Crippen MR) is 87.1 cm³/mol. The van der Waals surface area contributed by atoms with E-state index in [9.17, 15) is 9.18 Å². The molecule has 0 radical (unpaired) electrons. The normalized spacial score (nSPS) is 21.0. The molecule has 1 aromatic carbocycles. The Hall–Kier alpha value is -1.62. The minimum Gasteiger partial charge on any atom is -0.494 e. The van der Waals surface area contributed by atoms with E-state index in [2.05, 4.69) is 10.2 Å². The van der Waals surface area contributed by atoms with Crippen LogP contribution in [-0.4, -0.2) is 42.2 Å². The van der Waals surface area contributed by atoms with Crippen molar-refractivity contribution in [2.75, 3.05) is 19.7 Å². The number of amides is 1. The average Bonchev–Trinajstić information content (AvgIpc) is 3.36. The summed E-state index contributed by atoms with van der Waals surface area (Å²) in [6.07, 6.45) is 2.51. The minimum atomic E-state index is -1.70. The molecule has 1 aromatic rings. The molecule has 3 rings (SSSR count). The van der Waals surface area contributed by atoms with Crippen molar-refractivity contribution in [3.63, 3.8) is 0 Å². The Labute approximate surface area is 137 Å². The maximum atomic E-state index is 14.8. The number of nitrogens with one attached hydrogen (secondary N) is 1. The Balaban J connectivity index is 1.55. The smallest absolute Gasteiger partial charge is 0.257 e. The van der Waals surface area contributed by atoms with E-state index < -0.39 is 11.6 Å². The number of benzene rings is 1. The Morgan fingerprint density at radius 2 is 2.04 bits per heavy atom. The van der Waals surface area contributed by atoms with Gasteiger partial charge in [-0.15, -0.1) is 0 Å². The van der Waals surface area contributed by atoms with Crippen LogP contribution in [0.15, 0.2) is 24.3 Å². The van der Waals surface area contributed by atoms with E-state index in [1.165, 1.54) is 0 Å². The maximum absolute atomic E-state index is 14.8. The van der Waals surface area contributed by atoms with Crippen molar-refractivity contribution in [2.45, 2.75) is 50.9 Å². The van der Waals surface area contributed by atoms with Crippen LogP contribution in [-0.2, 0) is 11.3 Å². The first-order chi connectivity index (χ1) is 11.1. The predicted octanol–water partition coefficient (Wildman–Crippen LogP) is 2.67. The molecule has 2 aliphatic rings. The topological polar surface area (TPSA) is 41.6 Å². The quantitative estimate of drug-likeness (QED) is 0.876. The van der Waals surface area contributed by atoms with Gasteiger partial charge in [-0.05, 0) is 25.8 Å². The molecule has 5 heteroatoms. The highest BCUT2D eigenvalue weighted by Crippen LogP contribution is 2.30. The van der Waals surface area contributed by atoms with E-state index in [0.717, 1.165) is 30.7 Å². The number of hydrogen-bond donors (Lipinski definition) is 1. The van der Waals surface area contributed by atoms with Gasteiger partial charge in [0.05, 0.1) is 6.61 Å². The number of likely N-dealkylation sites (tertiary alicyclic amines) is 1. The number of nitrogens with zero attached hydrogens (tertiary/aromatic N) is 1. The van der Waals surface area contributed by atoms with Gasteiger partial charge in [0.2, 0.25) is 0 Å². The van der Waals surface area contributed by atoms with Crippen molar-refractivity contribution >= 4 is 5.91 Å². The Kier molecular flexibility index (Phi) is 4.85. The van der Waals surface area contributed by atoms with Gasteiger partial charge in [0.25, 0.3) is 5.91 Å². The van der Waals surface area contributed by atoms with Crippen LogP contribution in [0.4, 0.5) is 4.39 Å². The molecule has 23 heavy (non-hydrogen) atoms. The number of carbonyl (C=O) groups is 1. The van der Waals surface area contributed by atoms with Crippen molar-refractivity contribution in [3.8, 4) is 5.75 Å². The van der Waals surface area contributed by atoms with Gasteiger partial charge in [0.1, 0.15) is 5.75 Å². The van der Waals surface area contributed by atoms with E-state index in [-0.39, 0.29) is 18.9 Å². The molecule has 2 fully saturated rings. The summed E-state index contributed by atoms with van der Waals surface area (Å²) >= 11 is 0. The standard InChI is InChI=1S/C18H25FN2O2/c1-2-23-16-6-4-3-5-14(16)13-21-11-9-18(19,10-12-21)17(22)20-15-7-8-15/h3-6,15H,2,7-13H2,1H3,(H,20,22). The molecule has 1 saturated heterocycles. The SMILES string of the molecule is CCOc1ccccc1CN1CCC(F)(C(=O)NC2CC2)CC1. The Bertz CT molecular complexity index is 552. The molecular formula is C18H25FN2O2. The third-order valence-corrected chi connectivity index (χ3v) is 4.63. The van der Waals surface area contributed by atoms with Crippen molar-refractivity contribution in [1.82, 2.24) is 10.2 Å². The third-order valence-electron chi connectivity index (χ3n) is 4.63. The second-order valence-electron chi connectivity index (χ2n) is 6.53. The fourth-order valence-corrected chi connectivity index (χ4v) is 3.01. The van der Waals surface area contributed by atoms with Crippen LogP contribution in [0.5, 0.6) is 5.75 Å². The van der Waals surface area contributed by atoms with Crippen LogP contribution in [0.1, 0.15) is 38.2 Å². The molecule has 0 aromatic heterocycles. The van der Waals surface area contributed by atoms with E-state index in [4.69, 9.17) is 4.74 Å². The van der Waals surface area contributed by atoms with Gasteiger partial charge in [0, 0.05) is 44.1 Å². The second-order valence-corrected chi connectivity index (χ2v) is 6.53. The molecule has 1 saturated carbocycles. The molecule has 0 spiro atoms. The number of piperidine rings is 1. The first-order valence-electron chi connectivity index (χ1n) is 8.53. The summed E-state index contributed by atoms with van der Waals surface area (Å²) in [5.41, 5.74) is -0.582. The van der Waals surface area contributed by atoms with Gasteiger partial charge < -0.3 is 10.1 Å². The van der Waals surface area contributed by atoms with Gasteiger partial charge in [-0.3, -0.25) is 9.69 Å². The lowest BCUT2D eigenvalue weighted by molar-refractivity contribution is -0.136. The number of rotatable bonds is 6. The number of alkyl halides is 1. The average molecular weight is 320 g/mol. The fourth-order valence-electron chi connectivity index (χ4n) is 3.01. The number of para-hydroxylation sites is 1. The molecule has 4 nitrogen and oxygen atoms in total. The summed E-state index contributed by atoms with van der Waals surface area (Å²) < 4.78 is 20.4. The molecular weight excluding hydrogens is 295 g/mol. The van der Waals surface area contributed by atoms with Crippen LogP contribution in [0.25, 0.3) is 0 Å². The number of carbonyl (C=O) groups excluding carboxylic acids is 1. The highest BCUT2D eigenvalue weighted by atomic mass is 19.1. The zero-order valence-electron chi connectivity index (χ0n) is 13.7. The molecule has 1 aliphatic heterocycles. The molecule has 126 valence electrons. The molecule has 1 N–H and O–H groups in total. The monoisotopic (exact) mass is 320 g/mol. The fraction of sp³-hybridized carbons (Fsp3) is 0.611. The zero-order chi connectivity index (χ0) is 16.3. The highest BCUT2D eigenvalue weighted by Gasteiger charge is 2.43. The minimum absolute atomic E-state index is 0.214. The van der Waals surface area contributed by atoms with Crippen LogP contribution in [0.3, 0.4) is 0 Å². The van der Waals surface area contributed by atoms with Crippen LogP contribution >= 0.6 is 0 Å². The van der Waals surface area contributed by atoms with E-state index in [1.807, 2.05) is 31.2 Å². The second kappa shape index (κ2) is 6.87. The largest absolute Gasteiger partial charge is 0.494 e. The first kappa shape index (κ1) is 16.2. The van der Waals surface area contributed by atoms with Crippen molar-refractivity contribution in [3.05, 3.63) is 29.8 Å². The summed E-state index contributed by atoms with van der Waals surface area (Å²) in [5.74, 6) is 0.480. The van der Waals surface area contributed by atoms with Crippen LogP contribution in [0, 0.1) is 0 Å². The number of ether oxygens (including phenoxy) is 1. The molecule has 0 atom stereocenters. The van der Waals surface area contributed by atoms with Crippen molar-refractivity contribution in [1.29, 1.82) is 0 Å². The maximum Gasteiger partial charge on any atom is 0.257 e. The van der Waals surface area contributed by atoms with E-state index >= 15 is 0 Å². The first-order valence-corrected chi connectivity index (χ1v) is 8.53. The highest BCUT2D eigenvalue weighted by molar-refractivity contribution is 5.85. The Morgan fingerprint density at radius 3 is 2.70 bits per heavy atom. The number of hydrogen-bond acceptors (Lipinski definition) is 3. The molecule has 1 aliphatic carbocycles. The molecule has 1 amide bonds. The Morgan fingerprint density at radius 1 is 1.35 bits per heavy atom. The summed E-state index contributed by atoms with van der Waals surface area (Å²) in [5, 5.41) is 2.80. The van der Waals surface area contributed by atoms with Gasteiger partial charge in [0.15, 0.2) is 5.67 Å². The van der Waals surface area contributed by atoms with E-state index in [1.54, 1.807) is 0 Å². The van der Waals surface area contributed by atoms with Gasteiger partial charge in [-0.25, -0.2) is 4.39 Å². The number of halogens is 1. The van der Waals surface area contributed by atoms with Gasteiger partial charge >= 0.3 is 0 Å². The van der Waals surface area contributed by atoms with E-state index in [0.29, 0.717) is 19.7 Å². The molecule has 0 unspecified atom stereocenters. The van der Waals surface area contributed by atoms with Gasteiger partial charge in [-0.2, -0.15) is 0 Å². The lowest BCUT2D eigenvalue weighted by atomic mass is 9.92.